The van der Waals surface area contributed by atoms with Gasteiger partial charge in [0.2, 0.25) is 5.71 Å². The molecule has 0 aliphatic heterocycles. The van der Waals surface area contributed by atoms with Gasteiger partial charge in [0.15, 0.2) is 5.58 Å². The maximum Gasteiger partial charge on any atom is 0.227 e. The topological polar surface area (TPSA) is 65.0 Å². The van der Waals surface area contributed by atoms with Crippen LogP contribution in [0.5, 0.6) is 0 Å². The first kappa shape index (κ1) is 16.0. The molecule has 0 amide bonds. The van der Waals surface area contributed by atoms with Crippen molar-refractivity contribution < 1.29 is 8.83 Å². The summed E-state index contributed by atoms with van der Waals surface area (Å²) < 4.78 is 12.3. The van der Waals surface area contributed by atoms with E-state index in [0.29, 0.717) is 17.0 Å². The van der Waals surface area contributed by atoms with Crippen molar-refractivity contribution >= 4 is 33.2 Å². The molecule has 2 aromatic carbocycles. The number of hydrogen-bond donors (Lipinski definition) is 0. The Morgan fingerprint density at radius 3 is 2.55 bits per heavy atom. The fraction of sp³-hybridized carbons (Fsp3) is 0.0417. The van der Waals surface area contributed by atoms with Gasteiger partial charge in [0.1, 0.15) is 28.9 Å². The number of para-hydroxylation sites is 1. The summed E-state index contributed by atoms with van der Waals surface area (Å²) in [5, 5.41) is 1.99. The molecule has 0 radical (unpaired) electrons. The molecule has 0 aliphatic carbocycles. The Bertz CT molecular complexity index is 1510. The van der Waals surface area contributed by atoms with E-state index < -0.39 is 0 Å². The number of rotatable bonds is 2. The van der Waals surface area contributed by atoms with E-state index in [1.54, 1.807) is 6.33 Å². The monoisotopic (exact) mass is 377 g/mol. The average molecular weight is 377 g/mol. The number of hydrogen-bond acceptors (Lipinski definition) is 5. The van der Waals surface area contributed by atoms with Crippen LogP contribution in [0.25, 0.3) is 55.7 Å². The van der Waals surface area contributed by atoms with E-state index in [1.165, 1.54) is 0 Å². The molecule has 0 saturated carbocycles. The van der Waals surface area contributed by atoms with Crippen molar-refractivity contribution in [2.24, 2.45) is 0 Å². The second-order valence-corrected chi connectivity index (χ2v) is 7.00. The predicted octanol–water partition coefficient (Wildman–Crippen LogP) is 6.16. The minimum atomic E-state index is 0.627. The maximum atomic E-state index is 6.20. The number of benzene rings is 2. The summed E-state index contributed by atoms with van der Waals surface area (Å²) in [6.45, 7) is 1.95. The minimum Gasteiger partial charge on any atom is -0.452 e. The van der Waals surface area contributed by atoms with Gasteiger partial charge in [0, 0.05) is 33.7 Å². The third-order valence-electron chi connectivity index (χ3n) is 5.13. The van der Waals surface area contributed by atoms with Crippen molar-refractivity contribution in [2.45, 2.75) is 6.92 Å². The zero-order valence-corrected chi connectivity index (χ0v) is 15.6. The largest absolute Gasteiger partial charge is 0.452 e. The molecule has 0 bridgehead atoms. The first-order chi connectivity index (χ1) is 14.3. The average Bonchev–Trinajstić information content (AvgIpc) is 3.35. The van der Waals surface area contributed by atoms with Crippen LogP contribution >= 0.6 is 0 Å². The van der Waals surface area contributed by atoms with E-state index in [1.807, 2.05) is 73.7 Å². The Kier molecular flexibility index (Phi) is 3.32. The summed E-state index contributed by atoms with van der Waals surface area (Å²) in [6.07, 6.45) is 1.56. The Balaban J connectivity index is 1.63. The standard InChI is InChI=1S/C24H15N3O2/c1-14-10-11-17-16-8-5-9-18(22(16)29-24(17)27-14)21-23-19(25-13-26-21)12-20(28-23)15-6-3-2-4-7-15/h2-13H,1H3. The molecular formula is C24H15N3O2. The molecule has 29 heavy (non-hydrogen) atoms. The lowest BCUT2D eigenvalue weighted by Crippen LogP contribution is -1.86. The van der Waals surface area contributed by atoms with Crippen molar-refractivity contribution in [3.63, 3.8) is 0 Å². The van der Waals surface area contributed by atoms with Crippen molar-refractivity contribution in [1.29, 1.82) is 0 Å². The van der Waals surface area contributed by atoms with Crippen LogP contribution < -0.4 is 0 Å². The van der Waals surface area contributed by atoms with Gasteiger partial charge in [-0.15, -0.1) is 0 Å². The molecule has 0 atom stereocenters. The van der Waals surface area contributed by atoms with Crippen molar-refractivity contribution in [3.05, 3.63) is 78.8 Å². The number of furan rings is 2. The fourth-order valence-corrected chi connectivity index (χ4v) is 3.75. The Labute approximate surface area is 165 Å². The molecule has 0 fully saturated rings. The van der Waals surface area contributed by atoms with Crippen LogP contribution in [0.1, 0.15) is 5.69 Å². The lowest BCUT2D eigenvalue weighted by molar-refractivity contribution is 0.629. The summed E-state index contributed by atoms with van der Waals surface area (Å²) in [4.78, 5) is 13.5. The Morgan fingerprint density at radius 1 is 0.759 bits per heavy atom. The van der Waals surface area contributed by atoms with Gasteiger partial charge < -0.3 is 8.83 Å². The van der Waals surface area contributed by atoms with Gasteiger partial charge in [-0.1, -0.05) is 42.5 Å². The van der Waals surface area contributed by atoms with E-state index in [0.717, 1.165) is 44.5 Å². The number of aromatic nitrogens is 3. The summed E-state index contributed by atoms with van der Waals surface area (Å²) in [7, 11) is 0. The highest BCUT2D eigenvalue weighted by Gasteiger charge is 2.19. The fourth-order valence-electron chi connectivity index (χ4n) is 3.75. The molecule has 6 rings (SSSR count). The van der Waals surface area contributed by atoms with Gasteiger partial charge in [-0.2, -0.15) is 0 Å². The number of nitrogens with zero attached hydrogens (tertiary/aromatic N) is 3. The third kappa shape index (κ3) is 2.44. The van der Waals surface area contributed by atoms with E-state index in [4.69, 9.17) is 8.83 Å². The zero-order valence-electron chi connectivity index (χ0n) is 15.6. The summed E-state index contributed by atoms with van der Waals surface area (Å²) in [5.74, 6) is 0.761. The highest BCUT2D eigenvalue weighted by Crippen LogP contribution is 2.38. The van der Waals surface area contributed by atoms with Crippen molar-refractivity contribution in [1.82, 2.24) is 15.0 Å². The Morgan fingerprint density at radius 2 is 1.66 bits per heavy atom. The van der Waals surface area contributed by atoms with E-state index in [2.05, 4.69) is 15.0 Å². The van der Waals surface area contributed by atoms with Gasteiger partial charge in [0.05, 0.1) is 0 Å². The molecule has 5 nitrogen and oxygen atoms in total. The molecule has 0 aliphatic rings. The van der Waals surface area contributed by atoms with Gasteiger partial charge in [0.25, 0.3) is 0 Å². The zero-order chi connectivity index (χ0) is 19.4. The van der Waals surface area contributed by atoms with Crippen LogP contribution in [-0.2, 0) is 0 Å². The van der Waals surface area contributed by atoms with E-state index in [-0.39, 0.29) is 0 Å². The van der Waals surface area contributed by atoms with Gasteiger partial charge >= 0.3 is 0 Å². The van der Waals surface area contributed by atoms with Gasteiger partial charge in [-0.25, -0.2) is 15.0 Å². The molecule has 6 aromatic rings. The second-order valence-electron chi connectivity index (χ2n) is 7.00. The van der Waals surface area contributed by atoms with Crippen molar-refractivity contribution in [2.75, 3.05) is 0 Å². The molecule has 138 valence electrons. The quantitative estimate of drug-likeness (QED) is 0.361. The van der Waals surface area contributed by atoms with Gasteiger partial charge in [-0.3, -0.25) is 0 Å². The molecule has 4 aromatic heterocycles. The molecule has 5 heteroatoms. The number of fused-ring (bicyclic) bond motifs is 4. The summed E-state index contributed by atoms with van der Waals surface area (Å²) in [5.41, 5.74) is 6.26. The second kappa shape index (κ2) is 6.01. The maximum absolute atomic E-state index is 6.20. The lowest BCUT2D eigenvalue weighted by Gasteiger charge is -2.02. The lowest BCUT2D eigenvalue weighted by atomic mass is 10.1. The molecule has 4 heterocycles. The van der Waals surface area contributed by atoms with Crippen molar-refractivity contribution in [3.8, 4) is 22.6 Å². The van der Waals surface area contributed by atoms with E-state index >= 15 is 0 Å². The van der Waals surface area contributed by atoms with Gasteiger partial charge in [-0.05, 0) is 25.1 Å². The normalized spacial score (nSPS) is 11.6. The minimum absolute atomic E-state index is 0.627. The third-order valence-corrected chi connectivity index (χ3v) is 5.13. The van der Waals surface area contributed by atoms with Crippen LogP contribution in [0.4, 0.5) is 0 Å². The number of aryl methyl sites for hydroxylation is 1. The van der Waals surface area contributed by atoms with Crippen LogP contribution in [0.2, 0.25) is 0 Å². The number of pyridine rings is 1. The SMILES string of the molecule is Cc1ccc2c(n1)oc1c(-c3ncnc4cc(-c5ccccc5)oc34)cccc12. The summed E-state index contributed by atoms with van der Waals surface area (Å²) in [6, 6.07) is 22.0. The summed E-state index contributed by atoms with van der Waals surface area (Å²) >= 11 is 0. The first-order valence-electron chi connectivity index (χ1n) is 9.37. The predicted molar refractivity (Wildman–Crippen MR) is 112 cm³/mol. The smallest absolute Gasteiger partial charge is 0.227 e. The molecule has 0 unspecified atom stereocenters. The highest BCUT2D eigenvalue weighted by molar-refractivity contribution is 6.10. The molecular weight excluding hydrogens is 362 g/mol. The van der Waals surface area contributed by atoms with Crippen LogP contribution in [0.3, 0.4) is 0 Å². The van der Waals surface area contributed by atoms with Crippen LogP contribution in [0.15, 0.2) is 81.9 Å². The first-order valence-corrected chi connectivity index (χ1v) is 9.37. The highest BCUT2D eigenvalue weighted by atomic mass is 16.3. The molecule has 0 N–H and O–H groups in total. The van der Waals surface area contributed by atoms with Crippen LogP contribution in [-0.4, -0.2) is 15.0 Å². The van der Waals surface area contributed by atoms with E-state index in [9.17, 15) is 0 Å². The molecule has 0 spiro atoms. The van der Waals surface area contributed by atoms with Crippen LogP contribution in [0, 0.1) is 6.92 Å². The Hall–Kier alpha value is -3.99. The molecule has 0 saturated heterocycles.